The van der Waals surface area contributed by atoms with E-state index in [0.29, 0.717) is 6.54 Å². The lowest BCUT2D eigenvalue weighted by molar-refractivity contribution is -0.126. The molecule has 3 rings (SSSR count). The molecule has 1 unspecified atom stereocenters. The van der Waals surface area contributed by atoms with Crippen molar-refractivity contribution in [2.24, 2.45) is 5.73 Å². The highest BCUT2D eigenvalue weighted by Crippen LogP contribution is 2.47. The van der Waals surface area contributed by atoms with Crippen molar-refractivity contribution in [3.05, 3.63) is 71.5 Å². The van der Waals surface area contributed by atoms with Crippen LogP contribution in [0.15, 0.2) is 54.6 Å². The molecule has 1 saturated carbocycles. The summed E-state index contributed by atoms with van der Waals surface area (Å²) in [6.07, 6.45) is 1.98. The van der Waals surface area contributed by atoms with Crippen molar-refractivity contribution in [1.29, 1.82) is 0 Å². The molecule has 3 N–H and O–H groups in total. The van der Waals surface area contributed by atoms with Gasteiger partial charge in [-0.2, -0.15) is 0 Å². The number of rotatable bonds is 5. The Kier molecular flexibility index (Phi) is 3.94. The molecule has 0 heterocycles. The minimum absolute atomic E-state index is 0.0733. The van der Waals surface area contributed by atoms with Crippen molar-refractivity contribution in [2.75, 3.05) is 6.54 Å². The molecule has 4 heteroatoms. The highest BCUT2D eigenvalue weighted by molar-refractivity contribution is 5.87. The van der Waals surface area contributed by atoms with Crippen LogP contribution in [0, 0.1) is 5.82 Å². The van der Waals surface area contributed by atoms with E-state index in [-0.39, 0.29) is 17.1 Å². The van der Waals surface area contributed by atoms with Crippen LogP contribution in [-0.2, 0) is 15.7 Å². The molecule has 0 aliphatic heterocycles. The fraction of sp³-hybridized carbons (Fsp3) is 0.316. The van der Waals surface area contributed by atoms with E-state index in [1.165, 1.54) is 12.1 Å². The Balaban J connectivity index is 1.68. The SMILES string of the molecule is CC(N)(C(=O)NCC1(c2ccc(F)cc2)CC1)c1ccccc1. The lowest BCUT2D eigenvalue weighted by Gasteiger charge is -2.26. The molecule has 3 nitrogen and oxygen atoms in total. The van der Waals surface area contributed by atoms with Crippen LogP contribution in [0.25, 0.3) is 0 Å². The second-order valence-corrected chi connectivity index (χ2v) is 6.54. The maximum Gasteiger partial charge on any atom is 0.244 e. The lowest BCUT2D eigenvalue weighted by atomic mass is 9.91. The number of amides is 1. The van der Waals surface area contributed by atoms with Crippen molar-refractivity contribution in [3.8, 4) is 0 Å². The zero-order valence-electron chi connectivity index (χ0n) is 13.2. The third-order valence-corrected chi connectivity index (χ3v) is 4.74. The molecule has 1 aliphatic carbocycles. The standard InChI is InChI=1S/C19H21FN2O/c1-18(21,14-5-3-2-4-6-14)17(23)22-13-19(11-12-19)15-7-9-16(20)10-8-15/h2-10H,11-13,21H2,1H3,(H,22,23). The van der Waals surface area contributed by atoms with Gasteiger partial charge in [-0.1, -0.05) is 42.5 Å². The molecular formula is C19H21FN2O. The van der Waals surface area contributed by atoms with E-state index in [1.807, 2.05) is 30.3 Å². The van der Waals surface area contributed by atoms with E-state index in [2.05, 4.69) is 5.32 Å². The second-order valence-electron chi connectivity index (χ2n) is 6.54. The zero-order chi connectivity index (χ0) is 16.5. The minimum Gasteiger partial charge on any atom is -0.353 e. The average Bonchev–Trinajstić information content (AvgIpc) is 3.35. The predicted octanol–water partition coefficient (Wildman–Crippen LogP) is 2.85. The smallest absolute Gasteiger partial charge is 0.244 e. The van der Waals surface area contributed by atoms with E-state index in [0.717, 1.165) is 24.0 Å². The molecule has 0 bridgehead atoms. The molecule has 1 amide bonds. The van der Waals surface area contributed by atoms with Crippen LogP contribution in [0.3, 0.4) is 0 Å². The number of nitrogens with two attached hydrogens (primary N) is 1. The van der Waals surface area contributed by atoms with Crippen molar-refractivity contribution < 1.29 is 9.18 Å². The first-order valence-electron chi connectivity index (χ1n) is 7.83. The first-order valence-corrected chi connectivity index (χ1v) is 7.83. The molecule has 2 aromatic carbocycles. The molecule has 1 atom stereocenters. The summed E-state index contributed by atoms with van der Waals surface area (Å²) in [5, 5.41) is 2.98. The molecule has 120 valence electrons. The Morgan fingerprint density at radius 1 is 1.17 bits per heavy atom. The van der Waals surface area contributed by atoms with Crippen molar-refractivity contribution in [3.63, 3.8) is 0 Å². The van der Waals surface area contributed by atoms with Crippen molar-refractivity contribution in [1.82, 2.24) is 5.32 Å². The van der Waals surface area contributed by atoms with Gasteiger partial charge in [0.15, 0.2) is 0 Å². The monoisotopic (exact) mass is 312 g/mol. The number of hydrogen-bond acceptors (Lipinski definition) is 2. The van der Waals surface area contributed by atoms with Crippen molar-refractivity contribution >= 4 is 5.91 Å². The van der Waals surface area contributed by atoms with Crippen LogP contribution in [-0.4, -0.2) is 12.5 Å². The van der Waals surface area contributed by atoms with Crippen LogP contribution in [0.2, 0.25) is 0 Å². The summed E-state index contributed by atoms with van der Waals surface area (Å²) in [5.74, 6) is -0.440. The predicted molar refractivity (Wildman–Crippen MR) is 88.3 cm³/mol. The van der Waals surface area contributed by atoms with Gasteiger partial charge < -0.3 is 11.1 Å². The van der Waals surface area contributed by atoms with E-state index in [1.54, 1.807) is 19.1 Å². The van der Waals surface area contributed by atoms with Gasteiger partial charge in [-0.05, 0) is 43.0 Å². The topological polar surface area (TPSA) is 55.1 Å². The molecule has 0 spiro atoms. The van der Waals surface area contributed by atoms with Crippen LogP contribution in [0.5, 0.6) is 0 Å². The Morgan fingerprint density at radius 2 is 1.78 bits per heavy atom. The minimum atomic E-state index is -1.07. The summed E-state index contributed by atoms with van der Waals surface area (Å²) >= 11 is 0. The van der Waals surface area contributed by atoms with E-state index in [9.17, 15) is 9.18 Å². The van der Waals surface area contributed by atoms with Gasteiger partial charge in [0.2, 0.25) is 5.91 Å². The summed E-state index contributed by atoms with van der Waals surface area (Å²) < 4.78 is 13.1. The van der Waals surface area contributed by atoms with Gasteiger partial charge in [0.05, 0.1) is 0 Å². The van der Waals surface area contributed by atoms with Crippen LogP contribution in [0.4, 0.5) is 4.39 Å². The Bertz CT molecular complexity index is 691. The Hall–Kier alpha value is -2.20. The second kappa shape index (κ2) is 5.78. The molecule has 0 saturated heterocycles. The maximum atomic E-state index is 13.1. The highest BCUT2D eigenvalue weighted by Gasteiger charge is 2.45. The average molecular weight is 312 g/mol. The third-order valence-electron chi connectivity index (χ3n) is 4.74. The molecule has 23 heavy (non-hydrogen) atoms. The molecule has 2 aromatic rings. The molecule has 1 fully saturated rings. The summed E-state index contributed by atoms with van der Waals surface area (Å²) in [5.41, 5.74) is 6.93. The fourth-order valence-electron chi connectivity index (χ4n) is 2.87. The highest BCUT2D eigenvalue weighted by atomic mass is 19.1. The first kappa shape index (κ1) is 15.7. The maximum absolute atomic E-state index is 13.1. The number of hydrogen-bond donors (Lipinski definition) is 2. The van der Waals surface area contributed by atoms with E-state index < -0.39 is 5.54 Å². The number of nitrogens with one attached hydrogen (secondary N) is 1. The van der Waals surface area contributed by atoms with Gasteiger partial charge in [-0.15, -0.1) is 0 Å². The number of halogens is 1. The Labute approximate surface area is 135 Å². The zero-order valence-corrected chi connectivity index (χ0v) is 13.2. The first-order chi connectivity index (χ1) is 10.9. The molecular weight excluding hydrogens is 291 g/mol. The molecule has 0 aromatic heterocycles. The summed E-state index contributed by atoms with van der Waals surface area (Å²) in [7, 11) is 0. The van der Waals surface area contributed by atoms with Crippen LogP contribution >= 0.6 is 0 Å². The van der Waals surface area contributed by atoms with Crippen LogP contribution in [0.1, 0.15) is 30.9 Å². The number of carbonyl (C=O) groups excluding carboxylic acids is 1. The van der Waals surface area contributed by atoms with Crippen molar-refractivity contribution in [2.45, 2.75) is 30.7 Å². The Morgan fingerprint density at radius 3 is 2.35 bits per heavy atom. The summed E-state index contributed by atoms with van der Waals surface area (Å²) in [6.45, 7) is 2.24. The molecule has 1 aliphatic rings. The largest absolute Gasteiger partial charge is 0.353 e. The van der Waals surface area contributed by atoms with Crippen LogP contribution < -0.4 is 11.1 Å². The van der Waals surface area contributed by atoms with E-state index in [4.69, 9.17) is 5.73 Å². The van der Waals surface area contributed by atoms with Gasteiger partial charge >= 0.3 is 0 Å². The normalized spacial score (nSPS) is 18.0. The quantitative estimate of drug-likeness (QED) is 0.892. The lowest BCUT2D eigenvalue weighted by Crippen LogP contribution is -2.50. The van der Waals surface area contributed by atoms with Gasteiger partial charge in [0.25, 0.3) is 0 Å². The van der Waals surface area contributed by atoms with Gasteiger partial charge in [-0.3, -0.25) is 4.79 Å². The van der Waals surface area contributed by atoms with Gasteiger partial charge in [-0.25, -0.2) is 4.39 Å². The third kappa shape index (κ3) is 3.13. The molecule has 0 radical (unpaired) electrons. The van der Waals surface area contributed by atoms with Gasteiger partial charge in [0.1, 0.15) is 11.4 Å². The van der Waals surface area contributed by atoms with Gasteiger partial charge in [0, 0.05) is 12.0 Å². The summed E-state index contributed by atoms with van der Waals surface area (Å²) in [6, 6.07) is 15.9. The fourth-order valence-corrected chi connectivity index (χ4v) is 2.87. The number of carbonyl (C=O) groups is 1. The summed E-state index contributed by atoms with van der Waals surface area (Å²) in [4.78, 5) is 12.5. The number of benzene rings is 2. The van der Waals surface area contributed by atoms with E-state index >= 15 is 0 Å².